The van der Waals surface area contributed by atoms with Crippen molar-refractivity contribution < 1.29 is 14.3 Å². The zero-order chi connectivity index (χ0) is 12.1. The molecule has 0 aromatic heterocycles. The van der Waals surface area contributed by atoms with Gasteiger partial charge in [0.15, 0.2) is 0 Å². The molecule has 0 unspecified atom stereocenters. The van der Waals surface area contributed by atoms with Crippen LogP contribution in [0.3, 0.4) is 0 Å². The standard InChI is InChI=1S/C12H16BrNO3/c1-15-4-5-17-14-8-10-7-11(13)6-9-2-3-16-12(9)10/h6-7,14H,2-5,8H2,1H3. The lowest BCUT2D eigenvalue weighted by Crippen LogP contribution is -2.17. The molecule has 17 heavy (non-hydrogen) atoms. The fraction of sp³-hybridized carbons (Fsp3) is 0.500. The third-order valence-corrected chi connectivity index (χ3v) is 3.04. The van der Waals surface area contributed by atoms with E-state index < -0.39 is 0 Å². The Morgan fingerprint density at radius 1 is 1.41 bits per heavy atom. The first-order valence-electron chi connectivity index (χ1n) is 5.59. The summed E-state index contributed by atoms with van der Waals surface area (Å²) in [5, 5.41) is 0. The van der Waals surface area contributed by atoms with Crippen LogP contribution in [0.15, 0.2) is 16.6 Å². The number of rotatable bonds is 6. The zero-order valence-corrected chi connectivity index (χ0v) is 11.4. The second-order valence-corrected chi connectivity index (χ2v) is 4.73. The molecule has 94 valence electrons. The Hall–Kier alpha value is -0.620. The Bertz CT molecular complexity index is 384. The topological polar surface area (TPSA) is 39.7 Å². The van der Waals surface area contributed by atoms with Crippen molar-refractivity contribution in [3.05, 3.63) is 27.7 Å². The summed E-state index contributed by atoms with van der Waals surface area (Å²) < 4.78 is 11.6. The molecule has 0 saturated heterocycles. The van der Waals surface area contributed by atoms with Crippen LogP contribution in [-0.2, 0) is 22.5 Å². The summed E-state index contributed by atoms with van der Waals surface area (Å²) in [6.45, 7) is 2.52. The van der Waals surface area contributed by atoms with E-state index in [1.807, 2.05) is 0 Å². The van der Waals surface area contributed by atoms with Crippen molar-refractivity contribution in [3.8, 4) is 5.75 Å². The molecule has 0 fully saturated rings. The van der Waals surface area contributed by atoms with Gasteiger partial charge in [-0.05, 0) is 17.7 Å². The molecule has 4 nitrogen and oxygen atoms in total. The second kappa shape index (κ2) is 6.35. The maximum absolute atomic E-state index is 5.62. The summed E-state index contributed by atoms with van der Waals surface area (Å²) in [5.41, 5.74) is 5.29. The first-order valence-corrected chi connectivity index (χ1v) is 6.38. The third-order valence-electron chi connectivity index (χ3n) is 2.58. The number of ether oxygens (including phenoxy) is 2. The van der Waals surface area contributed by atoms with E-state index in [1.165, 1.54) is 5.56 Å². The van der Waals surface area contributed by atoms with Crippen LogP contribution >= 0.6 is 15.9 Å². The summed E-state index contributed by atoms with van der Waals surface area (Å²) in [7, 11) is 1.65. The smallest absolute Gasteiger partial charge is 0.127 e. The van der Waals surface area contributed by atoms with Gasteiger partial charge in [-0.15, -0.1) is 0 Å². The maximum atomic E-state index is 5.62. The number of hydrogen-bond acceptors (Lipinski definition) is 4. The van der Waals surface area contributed by atoms with Crippen molar-refractivity contribution in [2.45, 2.75) is 13.0 Å². The van der Waals surface area contributed by atoms with Gasteiger partial charge in [-0.25, -0.2) is 0 Å². The fourth-order valence-corrected chi connectivity index (χ4v) is 2.36. The molecular formula is C12H16BrNO3. The lowest BCUT2D eigenvalue weighted by molar-refractivity contribution is 0.00321. The average Bonchev–Trinajstić information content (AvgIpc) is 2.76. The highest BCUT2D eigenvalue weighted by molar-refractivity contribution is 9.10. The Morgan fingerprint density at radius 2 is 2.29 bits per heavy atom. The van der Waals surface area contributed by atoms with E-state index in [9.17, 15) is 0 Å². The van der Waals surface area contributed by atoms with Crippen LogP contribution in [0, 0.1) is 0 Å². The van der Waals surface area contributed by atoms with Crippen LogP contribution in [0.2, 0.25) is 0 Å². The molecule has 1 aliphatic heterocycles. The quantitative estimate of drug-likeness (QED) is 0.645. The van der Waals surface area contributed by atoms with Gasteiger partial charge in [0, 0.05) is 30.1 Å². The van der Waals surface area contributed by atoms with Crippen LogP contribution in [-0.4, -0.2) is 26.9 Å². The van der Waals surface area contributed by atoms with E-state index in [4.69, 9.17) is 14.3 Å². The summed E-state index contributed by atoms with van der Waals surface area (Å²) in [4.78, 5) is 5.23. The molecule has 1 aliphatic rings. The average molecular weight is 302 g/mol. The molecule has 0 atom stereocenters. The maximum Gasteiger partial charge on any atom is 0.127 e. The largest absolute Gasteiger partial charge is 0.493 e. The number of benzene rings is 1. The monoisotopic (exact) mass is 301 g/mol. The zero-order valence-electron chi connectivity index (χ0n) is 9.79. The van der Waals surface area contributed by atoms with Crippen LogP contribution in [0.1, 0.15) is 11.1 Å². The summed E-state index contributed by atoms with van der Waals surface area (Å²) >= 11 is 3.51. The summed E-state index contributed by atoms with van der Waals surface area (Å²) in [6.07, 6.45) is 0.978. The van der Waals surface area contributed by atoms with E-state index in [2.05, 4.69) is 33.5 Å². The van der Waals surface area contributed by atoms with Gasteiger partial charge in [-0.1, -0.05) is 15.9 Å². The number of halogens is 1. The normalized spacial score (nSPS) is 13.5. The minimum atomic E-state index is 0.535. The third kappa shape index (κ3) is 3.42. The molecule has 1 heterocycles. The van der Waals surface area contributed by atoms with Crippen molar-refractivity contribution in [2.24, 2.45) is 0 Å². The molecule has 1 aromatic rings. The Kier molecular flexibility index (Phi) is 4.79. The Balaban J connectivity index is 1.92. The van der Waals surface area contributed by atoms with Crippen LogP contribution in [0.4, 0.5) is 0 Å². The molecule has 1 N–H and O–H groups in total. The van der Waals surface area contributed by atoms with Gasteiger partial charge in [0.2, 0.25) is 0 Å². The number of methoxy groups -OCH3 is 1. The molecular weight excluding hydrogens is 286 g/mol. The van der Waals surface area contributed by atoms with E-state index >= 15 is 0 Å². The number of fused-ring (bicyclic) bond motifs is 1. The number of nitrogens with one attached hydrogen (secondary N) is 1. The molecule has 5 heteroatoms. The van der Waals surface area contributed by atoms with Gasteiger partial charge in [0.25, 0.3) is 0 Å². The SMILES string of the molecule is COCCONCc1cc(Br)cc2c1OCC2. The summed E-state index contributed by atoms with van der Waals surface area (Å²) in [6, 6.07) is 4.16. The van der Waals surface area contributed by atoms with Gasteiger partial charge in [-0.2, -0.15) is 5.48 Å². The minimum absolute atomic E-state index is 0.535. The predicted octanol–water partition coefficient (Wildman–Crippen LogP) is 2.05. The van der Waals surface area contributed by atoms with E-state index in [-0.39, 0.29) is 0 Å². The molecule has 0 radical (unpaired) electrons. The van der Waals surface area contributed by atoms with Crippen molar-refractivity contribution in [2.75, 3.05) is 26.9 Å². The van der Waals surface area contributed by atoms with Crippen molar-refractivity contribution in [1.82, 2.24) is 5.48 Å². The molecule has 2 rings (SSSR count). The Morgan fingerprint density at radius 3 is 3.12 bits per heavy atom. The van der Waals surface area contributed by atoms with Crippen LogP contribution in [0.5, 0.6) is 5.75 Å². The molecule has 0 bridgehead atoms. The first-order chi connectivity index (χ1) is 8.31. The Labute approximate surface area is 109 Å². The van der Waals surface area contributed by atoms with Crippen LogP contribution < -0.4 is 10.2 Å². The molecule has 0 amide bonds. The lowest BCUT2D eigenvalue weighted by Gasteiger charge is -2.10. The van der Waals surface area contributed by atoms with E-state index in [0.29, 0.717) is 19.8 Å². The van der Waals surface area contributed by atoms with Crippen molar-refractivity contribution in [1.29, 1.82) is 0 Å². The molecule has 0 spiro atoms. The fourth-order valence-electron chi connectivity index (χ4n) is 1.80. The van der Waals surface area contributed by atoms with Crippen molar-refractivity contribution in [3.63, 3.8) is 0 Å². The molecule has 1 aromatic carbocycles. The van der Waals surface area contributed by atoms with E-state index in [1.54, 1.807) is 7.11 Å². The van der Waals surface area contributed by atoms with Gasteiger partial charge in [-0.3, -0.25) is 4.84 Å². The van der Waals surface area contributed by atoms with Gasteiger partial charge in [0.1, 0.15) is 5.75 Å². The molecule has 0 saturated carbocycles. The second-order valence-electron chi connectivity index (χ2n) is 3.81. The summed E-state index contributed by atoms with van der Waals surface area (Å²) in [5.74, 6) is 0.996. The van der Waals surface area contributed by atoms with Gasteiger partial charge >= 0.3 is 0 Å². The lowest BCUT2D eigenvalue weighted by atomic mass is 10.1. The predicted molar refractivity (Wildman–Crippen MR) is 68.0 cm³/mol. The minimum Gasteiger partial charge on any atom is -0.493 e. The molecule has 0 aliphatic carbocycles. The van der Waals surface area contributed by atoms with Crippen molar-refractivity contribution >= 4 is 15.9 Å². The van der Waals surface area contributed by atoms with Gasteiger partial charge in [0.05, 0.1) is 19.8 Å². The van der Waals surface area contributed by atoms with Gasteiger partial charge < -0.3 is 9.47 Å². The number of hydroxylamine groups is 1. The first kappa shape index (κ1) is 12.8. The highest BCUT2D eigenvalue weighted by Crippen LogP contribution is 2.32. The van der Waals surface area contributed by atoms with Crippen LogP contribution in [0.25, 0.3) is 0 Å². The number of hydrogen-bond donors (Lipinski definition) is 1. The highest BCUT2D eigenvalue weighted by Gasteiger charge is 2.17. The van der Waals surface area contributed by atoms with E-state index in [0.717, 1.165) is 28.8 Å². The highest BCUT2D eigenvalue weighted by atomic mass is 79.9.